The van der Waals surface area contributed by atoms with Gasteiger partial charge in [0, 0.05) is 19.2 Å². The van der Waals surface area contributed by atoms with Gasteiger partial charge in [-0.15, -0.1) is 0 Å². The van der Waals surface area contributed by atoms with E-state index in [1.54, 1.807) is 10.9 Å². The lowest BCUT2D eigenvalue weighted by atomic mass is 9.66. The van der Waals surface area contributed by atoms with Crippen LogP contribution in [0.25, 0.3) is 5.69 Å². The van der Waals surface area contributed by atoms with E-state index in [2.05, 4.69) is 10.4 Å². The van der Waals surface area contributed by atoms with Crippen molar-refractivity contribution in [2.24, 2.45) is 5.41 Å². The zero-order chi connectivity index (χ0) is 17.0. The van der Waals surface area contributed by atoms with Crippen molar-refractivity contribution < 1.29 is 14.7 Å². The molecule has 1 fully saturated rings. The van der Waals surface area contributed by atoms with Crippen molar-refractivity contribution in [1.82, 2.24) is 15.1 Å². The molecule has 2 aromatic rings. The first-order chi connectivity index (χ1) is 11.6. The van der Waals surface area contributed by atoms with Gasteiger partial charge in [-0.1, -0.05) is 24.6 Å². The normalized spacial score (nSPS) is 15.5. The smallest absolute Gasteiger partial charge is 0.310 e. The van der Waals surface area contributed by atoms with E-state index in [-0.39, 0.29) is 12.3 Å². The molecule has 1 aliphatic rings. The van der Waals surface area contributed by atoms with E-state index < -0.39 is 11.4 Å². The fraction of sp³-hybridized carbons (Fsp3) is 0.389. The van der Waals surface area contributed by atoms with E-state index in [4.69, 9.17) is 0 Å². The lowest BCUT2D eigenvalue weighted by molar-refractivity contribution is -0.157. The summed E-state index contributed by atoms with van der Waals surface area (Å²) < 4.78 is 1.80. The number of amides is 1. The van der Waals surface area contributed by atoms with Crippen LogP contribution in [0.2, 0.25) is 0 Å². The first-order valence-corrected chi connectivity index (χ1v) is 8.18. The summed E-state index contributed by atoms with van der Waals surface area (Å²) in [4.78, 5) is 23.3. The molecular formula is C18H21N3O3. The zero-order valence-electron chi connectivity index (χ0n) is 13.4. The molecule has 1 aromatic carbocycles. The molecule has 6 heteroatoms. The number of aliphatic carboxylic acids is 1. The monoisotopic (exact) mass is 327 g/mol. The number of nitrogens with zero attached hydrogens (tertiary/aromatic N) is 2. The predicted octanol–water partition coefficient (Wildman–Crippen LogP) is 2.18. The van der Waals surface area contributed by atoms with Crippen LogP contribution in [0.5, 0.6) is 0 Å². The average molecular weight is 327 g/mol. The minimum atomic E-state index is -0.854. The first-order valence-electron chi connectivity index (χ1n) is 8.18. The van der Waals surface area contributed by atoms with Crippen LogP contribution >= 0.6 is 0 Å². The van der Waals surface area contributed by atoms with Gasteiger partial charge in [0.15, 0.2) is 0 Å². The van der Waals surface area contributed by atoms with Gasteiger partial charge in [0.25, 0.3) is 0 Å². The molecule has 1 amide bonds. The fourth-order valence-corrected chi connectivity index (χ4v) is 3.00. The molecule has 0 atom stereocenters. The Morgan fingerprint density at radius 3 is 2.62 bits per heavy atom. The Kier molecular flexibility index (Phi) is 4.64. The molecule has 1 aliphatic carbocycles. The zero-order valence-corrected chi connectivity index (χ0v) is 13.4. The van der Waals surface area contributed by atoms with Crippen LogP contribution in [0.3, 0.4) is 0 Å². The molecule has 0 bridgehead atoms. The van der Waals surface area contributed by atoms with Crippen molar-refractivity contribution in [1.29, 1.82) is 0 Å². The number of aromatic nitrogens is 2. The Labute approximate surface area is 140 Å². The van der Waals surface area contributed by atoms with E-state index in [0.717, 1.165) is 17.7 Å². The SMILES string of the molecule is O=C(CC1(C(=O)O)CCC1)NCCc1cnn(-c2ccccc2)c1. The van der Waals surface area contributed by atoms with Gasteiger partial charge in [-0.25, -0.2) is 4.68 Å². The number of benzene rings is 1. The van der Waals surface area contributed by atoms with Gasteiger partial charge in [0.05, 0.1) is 17.3 Å². The van der Waals surface area contributed by atoms with Crippen LogP contribution in [-0.2, 0) is 16.0 Å². The highest BCUT2D eigenvalue weighted by Gasteiger charge is 2.45. The number of rotatable bonds is 7. The molecule has 6 nitrogen and oxygen atoms in total. The molecule has 126 valence electrons. The van der Waals surface area contributed by atoms with Crippen LogP contribution in [0, 0.1) is 5.41 Å². The van der Waals surface area contributed by atoms with Crippen molar-refractivity contribution >= 4 is 11.9 Å². The molecule has 0 saturated heterocycles. The Hall–Kier alpha value is -2.63. The second kappa shape index (κ2) is 6.86. The van der Waals surface area contributed by atoms with E-state index >= 15 is 0 Å². The molecule has 1 aromatic heterocycles. The van der Waals surface area contributed by atoms with E-state index in [1.807, 2.05) is 36.5 Å². The largest absolute Gasteiger partial charge is 0.481 e. The van der Waals surface area contributed by atoms with E-state index in [1.165, 1.54) is 0 Å². The molecular weight excluding hydrogens is 306 g/mol. The first kappa shape index (κ1) is 16.2. The minimum absolute atomic E-state index is 0.0750. The predicted molar refractivity (Wildman–Crippen MR) is 88.8 cm³/mol. The fourth-order valence-electron chi connectivity index (χ4n) is 3.00. The number of carboxylic acids is 1. The Morgan fingerprint density at radius 2 is 2.00 bits per heavy atom. The highest BCUT2D eigenvalue weighted by molar-refractivity contribution is 5.85. The van der Waals surface area contributed by atoms with Crippen molar-refractivity contribution in [2.45, 2.75) is 32.1 Å². The number of carbonyl (C=O) groups excluding carboxylic acids is 1. The van der Waals surface area contributed by atoms with Crippen LogP contribution in [-0.4, -0.2) is 33.3 Å². The number of hydrogen-bond donors (Lipinski definition) is 2. The van der Waals surface area contributed by atoms with Gasteiger partial charge in [0.1, 0.15) is 0 Å². The number of para-hydroxylation sites is 1. The quantitative estimate of drug-likeness (QED) is 0.816. The van der Waals surface area contributed by atoms with E-state index in [0.29, 0.717) is 25.8 Å². The van der Waals surface area contributed by atoms with Gasteiger partial charge >= 0.3 is 5.97 Å². The Balaban J connectivity index is 1.48. The molecule has 2 N–H and O–H groups in total. The molecule has 0 unspecified atom stereocenters. The molecule has 1 heterocycles. The standard InChI is InChI=1S/C18H21N3O3/c22-16(11-18(17(23)24)8-4-9-18)19-10-7-14-12-20-21(13-14)15-5-2-1-3-6-15/h1-3,5-6,12-13H,4,7-11H2,(H,19,22)(H,23,24). The third-order valence-electron chi connectivity index (χ3n) is 4.66. The van der Waals surface area contributed by atoms with Crippen molar-refractivity contribution in [3.8, 4) is 5.69 Å². The maximum atomic E-state index is 12.0. The van der Waals surface area contributed by atoms with Gasteiger partial charge in [-0.05, 0) is 37.0 Å². The van der Waals surface area contributed by atoms with Crippen molar-refractivity contribution in [2.75, 3.05) is 6.54 Å². The summed E-state index contributed by atoms with van der Waals surface area (Å²) in [6, 6.07) is 9.81. The number of hydrogen-bond acceptors (Lipinski definition) is 3. The van der Waals surface area contributed by atoms with Crippen LogP contribution in [0.1, 0.15) is 31.2 Å². The maximum Gasteiger partial charge on any atom is 0.310 e. The second-order valence-electron chi connectivity index (χ2n) is 6.34. The summed E-state index contributed by atoms with van der Waals surface area (Å²) >= 11 is 0. The molecule has 1 saturated carbocycles. The molecule has 24 heavy (non-hydrogen) atoms. The van der Waals surface area contributed by atoms with Gasteiger partial charge in [-0.3, -0.25) is 9.59 Å². The number of nitrogens with one attached hydrogen (secondary N) is 1. The summed E-state index contributed by atoms with van der Waals surface area (Å²) in [6.07, 6.45) is 6.54. The summed E-state index contributed by atoms with van der Waals surface area (Å²) in [6.45, 7) is 0.481. The Morgan fingerprint density at radius 1 is 1.25 bits per heavy atom. The van der Waals surface area contributed by atoms with Crippen LogP contribution in [0.15, 0.2) is 42.7 Å². The van der Waals surface area contributed by atoms with Crippen molar-refractivity contribution in [3.63, 3.8) is 0 Å². The van der Waals surface area contributed by atoms with Gasteiger partial charge in [-0.2, -0.15) is 5.10 Å². The minimum Gasteiger partial charge on any atom is -0.481 e. The maximum absolute atomic E-state index is 12.0. The molecule has 3 rings (SSSR count). The lowest BCUT2D eigenvalue weighted by Gasteiger charge is -2.36. The van der Waals surface area contributed by atoms with E-state index in [9.17, 15) is 14.7 Å². The van der Waals surface area contributed by atoms with Gasteiger partial charge in [0.2, 0.25) is 5.91 Å². The summed E-state index contributed by atoms with van der Waals surface area (Å²) in [5.41, 5.74) is 1.18. The highest BCUT2D eigenvalue weighted by Crippen LogP contribution is 2.44. The third kappa shape index (κ3) is 3.48. The Bertz CT molecular complexity index is 720. The molecule has 0 spiro atoms. The van der Waals surface area contributed by atoms with Gasteiger partial charge < -0.3 is 10.4 Å². The highest BCUT2D eigenvalue weighted by atomic mass is 16.4. The summed E-state index contributed by atoms with van der Waals surface area (Å²) in [5, 5.41) is 16.4. The number of carboxylic acid groups (broad SMARTS) is 1. The summed E-state index contributed by atoms with van der Waals surface area (Å²) in [5.74, 6) is -1.04. The van der Waals surface area contributed by atoms with Crippen LogP contribution < -0.4 is 5.32 Å². The molecule has 0 radical (unpaired) electrons. The van der Waals surface area contributed by atoms with Crippen LogP contribution in [0.4, 0.5) is 0 Å². The lowest BCUT2D eigenvalue weighted by Crippen LogP contribution is -2.42. The van der Waals surface area contributed by atoms with Crippen molar-refractivity contribution in [3.05, 3.63) is 48.3 Å². The second-order valence-corrected chi connectivity index (χ2v) is 6.34. The molecule has 0 aliphatic heterocycles. The average Bonchev–Trinajstić information content (AvgIpc) is 3.00. The topological polar surface area (TPSA) is 84.2 Å². The summed E-state index contributed by atoms with van der Waals surface area (Å²) in [7, 11) is 0. The number of carbonyl (C=O) groups is 2. The third-order valence-corrected chi connectivity index (χ3v) is 4.66.